The lowest BCUT2D eigenvalue weighted by molar-refractivity contribution is 0.133. The van der Waals surface area contributed by atoms with Gasteiger partial charge in [-0.1, -0.05) is 44.2 Å². The molecule has 1 aromatic rings. The third-order valence-corrected chi connectivity index (χ3v) is 2.67. The zero-order valence-electron chi connectivity index (χ0n) is 11.1. The Morgan fingerprint density at radius 3 is 2.63 bits per heavy atom. The lowest BCUT2D eigenvalue weighted by atomic mass is 10.1. The van der Waals surface area contributed by atoms with Gasteiger partial charge in [-0.3, -0.25) is 0 Å². The summed E-state index contributed by atoms with van der Waals surface area (Å²) in [5, 5.41) is 2.69. The van der Waals surface area contributed by atoms with Crippen molar-refractivity contribution in [2.75, 3.05) is 6.54 Å². The summed E-state index contributed by atoms with van der Waals surface area (Å²) >= 11 is 0. The number of carbonyl (C=O) groups excluding carboxylic acids is 2. The summed E-state index contributed by atoms with van der Waals surface area (Å²) in [5.41, 5.74) is 0.921. The fourth-order valence-corrected chi connectivity index (χ4v) is 1.47. The first-order valence-electron chi connectivity index (χ1n) is 6.14. The Hall–Kier alpha value is -2.13. The average Bonchev–Trinajstić information content (AvgIpc) is 2.42. The van der Waals surface area contributed by atoms with E-state index in [1.807, 2.05) is 44.2 Å². The second kappa shape index (κ2) is 8.06. The van der Waals surface area contributed by atoms with Gasteiger partial charge in [0, 0.05) is 0 Å². The van der Waals surface area contributed by atoms with Crippen molar-refractivity contribution in [3.05, 3.63) is 35.9 Å². The van der Waals surface area contributed by atoms with Crippen molar-refractivity contribution in [1.82, 2.24) is 5.32 Å². The Kier molecular flexibility index (Phi) is 6.33. The van der Waals surface area contributed by atoms with Crippen LogP contribution in [0.15, 0.2) is 35.3 Å². The highest BCUT2D eigenvalue weighted by atomic mass is 16.5. The molecule has 1 atom stereocenters. The maximum absolute atomic E-state index is 11.6. The summed E-state index contributed by atoms with van der Waals surface area (Å²) in [6.45, 7) is 4.29. The molecule has 0 spiro atoms. The minimum atomic E-state index is -0.511. The van der Waals surface area contributed by atoms with Crippen LogP contribution in [0.1, 0.15) is 19.4 Å². The molecule has 0 aromatic heterocycles. The smallest absolute Gasteiger partial charge is 0.407 e. The van der Waals surface area contributed by atoms with Crippen LogP contribution in [-0.2, 0) is 16.1 Å². The fourth-order valence-electron chi connectivity index (χ4n) is 1.47. The molecule has 1 N–H and O–H groups in total. The maximum atomic E-state index is 11.6. The van der Waals surface area contributed by atoms with Crippen LogP contribution >= 0.6 is 0 Å². The zero-order valence-corrected chi connectivity index (χ0v) is 11.1. The Morgan fingerprint density at radius 2 is 2.05 bits per heavy atom. The SMILES string of the molecule is CC(C)C(CN=C=O)NC(=O)OCc1ccccc1. The van der Waals surface area contributed by atoms with Gasteiger partial charge in [-0.05, 0) is 11.5 Å². The lowest BCUT2D eigenvalue weighted by Gasteiger charge is -2.19. The van der Waals surface area contributed by atoms with E-state index in [4.69, 9.17) is 4.74 Å². The second-order valence-electron chi connectivity index (χ2n) is 4.49. The van der Waals surface area contributed by atoms with Crippen LogP contribution in [0.4, 0.5) is 4.79 Å². The van der Waals surface area contributed by atoms with Crippen molar-refractivity contribution in [3.63, 3.8) is 0 Å². The molecule has 0 aliphatic carbocycles. The van der Waals surface area contributed by atoms with E-state index >= 15 is 0 Å². The number of aliphatic imine (C=N–C) groups is 1. The fraction of sp³-hybridized carbons (Fsp3) is 0.429. The monoisotopic (exact) mass is 262 g/mol. The third kappa shape index (κ3) is 5.84. The van der Waals surface area contributed by atoms with Crippen LogP contribution in [0.2, 0.25) is 0 Å². The maximum Gasteiger partial charge on any atom is 0.407 e. The van der Waals surface area contributed by atoms with Crippen molar-refractivity contribution in [2.45, 2.75) is 26.5 Å². The number of hydrogen-bond donors (Lipinski definition) is 1. The van der Waals surface area contributed by atoms with Crippen molar-refractivity contribution >= 4 is 12.2 Å². The van der Waals surface area contributed by atoms with Gasteiger partial charge < -0.3 is 10.1 Å². The molecule has 0 aliphatic heterocycles. The first-order chi connectivity index (χ1) is 9.13. The molecule has 0 heterocycles. The van der Waals surface area contributed by atoms with E-state index in [9.17, 15) is 9.59 Å². The number of hydrogen-bond acceptors (Lipinski definition) is 4. The van der Waals surface area contributed by atoms with Gasteiger partial charge in [-0.2, -0.15) is 0 Å². The van der Waals surface area contributed by atoms with Crippen LogP contribution in [0.3, 0.4) is 0 Å². The van der Waals surface area contributed by atoms with Crippen molar-refractivity contribution in [2.24, 2.45) is 10.9 Å². The predicted molar refractivity (Wildman–Crippen MR) is 71.4 cm³/mol. The Morgan fingerprint density at radius 1 is 1.37 bits per heavy atom. The van der Waals surface area contributed by atoms with Crippen LogP contribution in [0.5, 0.6) is 0 Å². The number of isocyanates is 1. The summed E-state index contributed by atoms with van der Waals surface area (Å²) in [6.07, 6.45) is 0.957. The van der Waals surface area contributed by atoms with E-state index in [2.05, 4.69) is 10.3 Å². The summed E-state index contributed by atoms with van der Waals surface area (Å²) in [7, 11) is 0. The highest BCUT2D eigenvalue weighted by molar-refractivity contribution is 5.67. The van der Waals surface area contributed by atoms with Gasteiger partial charge in [0.15, 0.2) is 0 Å². The molecule has 1 unspecified atom stereocenters. The standard InChI is InChI=1S/C14H18N2O3/c1-11(2)13(8-15-10-17)16-14(18)19-9-12-6-4-3-5-7-12/h3-7,11,13H,8-9H2,1-2H3,(H,16,18). The zero-order chi connectivity index (χ0) is 14.1. The number of alkyl carbamates (subject to hydrolysis) is 1. The Balaban J connectivity index is 2.42. The topological polar surface area (TPSA) is 67.8 Å². The number of rotatable bonds is 6. The van der Waals surface area contributed by atoms with E-state index in [1.165, 1.54) is 6.08 Å². The van der Waals surface area contributed by atoms with E-state index in [1.54, 1.807) is 0 Å². The largest absolute Gasteiger partial charge is 0.445 e. The van der Waals surface area contributed by atoms with Crippen molar-refractivity contribution in [1.29, 1.82) is 0 Å². The highest BCUT2D eigenvalue weighted by Gasteiger charge is 2.16. The van der Waals surface area contributed by atoms with Gasteiger partial charge >= 0.3 is 6.09 Å². The summed E-state index contributed by atoms with van der Waals surface area (Å²) < 4.78 is 5.10. The first-order valence-corrected chi connectivity index (χ1v) is 6.14. The van der Waals surface area contributed by atoms with Crippen LogP contribution in [0, 0.1) is 5.92 Å². The molecule has 19 heavy (non-hydrogen) atoms. The van der Waals surface area contributed by atoms with Crippen molar-refractivity contribution < 1.29 is 14.3 Å². The molecule has 0 saturated carbocycles. The molecule has 0 bridgehead atoms. The molecular formula is C14H18N2O3. The minimum Gasteiger partial charge on any atom is -0.445 e. The number of ether oxygens (including phenoxy) is 1. The van der Waals surface area contributed by atoms with E-state index < -0.39 is 6.09 Å². The number of nitrogens with one attached hydrogen (secondary N) is 1. The normalized spacial score (nSPS) is 11.5. The molecule has 5 heteroatoms. The molecule has 0 fully saturated rings. The summed E-state index contributed by atoms with van der Waals surface area (Å²) in [4.78, 5) is 25.2. The second-order valence-corrected chi connectivity index (χ2v) is 4.49. The molecule has 0 radical (unpaired) electrons. The third-order valence-electron chi connectivity index (χ3n) is 2.67. The number of amides is 1. The molecule has 5 nitrogen and oxygen atoms in total. The van der Waals surface area contributed by atoms with Gasteiger partial charge in [0.1, 0.15) is 6.61 Å². The van der Waals surface area contributed by atoms with Gasteiger partial charge in [0.25, 0.3) is 0 Å². The average molecular weight is 262 g/mol. The molecular weight excluding hydrogens is 244 g/mol. The highest BCUT2D eigenvalue weighted by Crippen LogP contribution is 2.04. The van der Waals surface area contributed by atoms with Gasteiger partial charge in [-0.25, -0.2) is 14.6 Å². The minimum absolute atomic E-state index is 0.154. The molecule has 1 aromatic carbocycles. The molecule has 0 saturated heterocycles. The summed E-state index contributed by atoms with van der Waals surface area (Å²) in [6, 6.07) is 9.19. The Labute approximate surface area is 112 Å². The number of benzene rings is 1. The molecule has 0 aliphatic rings. The molecule has 1 rings (SSSR count). The van der Waals surface area contributed by atoms with E-state index in [0.717, 1.165) is 5.56 Å². The van der Waals surface area contributed by atoms with Gasteiger partial charge in [0.2, 0.25) is 6.08 Å². The van der Waals surface area contributed by atoms with Crippen molar-refractivity contribution in [3.8, 4) is 0 Å². The van der Waals surface area contributed by atoms with Crippen LogP contribution in [0.25, 0.3) is 0 Å². The molecule has 102 valence electrons. The van der Waals surface area contributed by atoms with E-state index in [0.29, 0.717) is 0 Å². The lowest BCUT2D eigenvalue weighted by Crippen LogP contribution is -2.40. The number of nitrogens with zero attached hydrogens (tertiary/aromatic N) is 1. The quantitative estimate of drug-likeness (QED) is 0.631. The number of carbonyl (C=O) groups is 1. The van der Waals surface area contributed by atoms with Gasteiger partial charge in [-0.15, -0.1) is 0 Å². The van der Waals surface area contributed by atoms with Crippen LogP contribution in [-0.4, -0.2) is 24.8 Å². The predicted octanol–water partition coefficient (Wildman–Crippen LogP) is 2.27. The molecule has 1 amide bonds. The summed E-state index contributed by atoms with van der Waals surface area (Å²) in [5.74, 6) is 0.154. The first kappa shape index (κ1) is 14.9. The van der Waals surface area contributed by atoms with Crippen LogP contribution < -0.4 is 5.32 Å². The van der Waals surface area contributed by atoms with E-state index in [-0.39, 0.29) is 25.1 Å². The van der Waals surface area contributed by atoms with Gasteiger partial charge in [0.05, 0.1) is 12.6 Å². The Bertz CT molecular complexity index is 439.